The summed E-state index contributed by atoms with van der Waals surface area (Å²) in [5.41, 5.74) is 0.250. The molecule has 21 heavy (non-hydrogen) atoms. The molecule has 1 N–H and O–H groups in total. The first-order valence-electron chi connectivity index (χ1n) is 5.69. The van der Waals surface area contributed by atoms with Crippen LogP contribution in [0.25, 0.3) is 0 Å². The van der Waals surface area contributed by atoms with Gasteiger partial charge in [0.2, 0.25) is 0 Å². The van der Waals surface area contributed by atoms with Crippen LogP contribution in [0.1, 0.15) is 5.56 Å². The van der Waals surface area contributed by atoms with Gasteiger partial charge in [0.05, 0.1) is 9.95 Å². The van der Waals surface area contributed by atoms with Gasteiger partial charge in [0.25, 0.3) is 15.7 Å². The van der Waals surface area contributed by atoms with E-state index < -0.39 is 14.9 Å². The molecule has 1 aromatic carbocycles. The molecular formula is C12H10ClN3O4S. The third kappa shape index (κ3) is 3.29. The van der Waals surface area contributed by atoms with Crippen molar-refractivity contribution in [3.05, 3.63) is 57.2 Å². The van der Waals surface area contributed by atoms with E-state index in [-0.39, 0.29) is 21.4 Å². The molecule has 0 aliphatic heterocycles. The molecule has 0 saturated carbocycles. The van der Waals surface area contributed by atoms with Crippen LogP contribution in [0, 0.1) is 17.0 Å². The summed E-state index contributed by atoms with van der Waals surface area (Å²) >= 11 is 5.83. The maximum absolute atomic E-state index is 12.3. The van der Waals surface area contributed by atoms with E-state index in [0.717, 1.165) is 12.1 Å². The van der Waals surface area contributed by atoms with Crippen LogP contribution in [0.2, 0.25) is 5.02 Å². The van der Waals surface area contributed by atoms with Gasteiger partial charge in [0, 0.05) is 18.3 Å². The van der Waals surface area contributed by atoms with Gasteiger partial charge >= 0.3 is 0 Å². The Balaban J connectivity index is 2.47. The minimum atomic E-state index is -4.07. The summed E-state index contributed by atoms with van der Waals surface area (Å²) in [4.78, 5) is 13.6. The highest BCUT2D eigenvalue weighted by Gasteiger charge is 2.22. The number of nitro groups is 1. The fourth-order valence-electron chi connectivity index (χ4n) is 1.59. The van der Waals surface area contributed by atoms with E-state index in [1.165, 1.54) is 12.3 Å². The van der Waals surface area contributed by atoms with Gasteiger partial charge in [-0.25, -0.2) is 13.4 Å². The molecule has 0 radical (unpaired) electrons. The molecule has 1 aromatic heterocycles. The Bertz CT molecular complexity index is 808. The number of sulfonamides is 1. The Morgan fingerprint density at radius 2 is 2.05 bits per heavy atom. The molecule has 0 fully saturated rings. The van der Waals surface area contributed by atoms with Crippen molar-refractivity contribution in [2.45, 2.75) is 11.8 Å². The molecule has 0 unspecified atom stereocenters. The molecule has 0 atom stereocenters. The number of nitrogens with one attached hydrogen (secondary N) is 1. The lowest BCUT2D eigenvalue weighted by Gasteiger charge is -2.10. The molecular weight excluding hydrogens is 318 g/mol. The van der Waals surface area contributed by atoms with Crippen molar-refractivity contribution >= 4 is 33.1 Å². The van der Waals surface area contributed by atoms with Crippen LogP contribution in [-0.4, -0.2) is 18.3 Å². The summed E-state index contributed by atoms with van der Waals surface area (Å²) in [6, 6.07) is 6.54. The fraction of sp³-hybridized carbons (Fsp3) is 0.0833. The first-order valence-corrected chi connectivity index (χ1v) is 7.56. The standard InChI is InChI=1S/C12H10ClN3O4S/c1-8-3-2-6-14-12(8)15-21(19,20)11-7-9(16(17)18)4-5-10(11)13/h2-7H,1H3,(H,14,15). The van der Waals surface area contributed by atoms with Gasteiger partial charge in [0.15, 0.2) is 0 Å². The molecule has 0 aliphatic carbocycles. The summed E-state index contributed by atoms with van der Waals surface area (Å²) in [6.45, 7) is 1.68. The van der Waals surface area contributed by atoms with E-state index in [2.05, 4.69) is 9.71 Å². The number of hydrogen-bond donors (Lipinski definition) is 1. The van der Waals surface area contributed by atoms with Crippen molar-refractivity contribution in [1.82, 2.24) is 4.98 Å². The van der Waals surface area contributed by atoms with Gasteiger partial charge in [-0.15, -0.1) is 0 Å². The zero-order valence-corrected chi connectivity index (χ0v) is 12.4. The maximum Gasteiger partial charge on any atom is 0.270 e. The van der Waals surface area contributed by atoms with Crippen molar-refractivity contribution in [3.63, 3.8) is 0 Å². The van der Waals surface area contributed by atoms with E-state index in [4.69, 9.17) is 11.6 Å². The predicted molar refractivity (Wildman–Crippen MR) is 77.9 cm³/mol. The van der Waals surface area contributed by atoms with Crippen LogP contribution in [0.5, 0.6) is 0 Å². The second-order valence-electron chi connectivity index (χ2n) is 4.15. The molecule has 110 valence electrons. The minimum absolute atomic E-state index is 0.110. The molecule has 2 rings (SSSR count). The molecule has 7 nitrogen and oxygen atoms in total. The van der Waals surface area contributed by atoms with Crippen LogP contribution < -0.4 is 4.72 Å². The minimum Gasteiger partial charge on any atom is -0.263 e. The second kappa shape index (κ2) is 5.66. The summed E-state index contributed by atoms with van der Waals surface area (Å²) in [5.74, 6) is 0.139. The number of aryl methyl sites for hydroxylation is 1. The van der Waals surface area contributed by atoms with Crippen molar-refractivity contribution in [2.75, 3.05) is 4.72 Å². The first-order chi connectivity index (χ1) is 9.81. The topological polar surface area (TPSA) is 102 Å². The monoisotopic (exact) mass is 327 g/mol. The van der Waals surface area contributed by atoms with E-state index in [1.807, 2.05) is 0 Å². The molecule has 2 aromatic rings. The van der Waals surface area contributed by atoms with Crippen LogP contribution >= 0.6 is 11.6 Å². The summed E-state index contributed by atoms with van der Waals surface area (Å²) in [5, 5.41) is 10.6. The number of nitro benzene ring substituents is 1. The van der Waals surface area contributed by atoms with Gasteiger partial charge in [-0.2, -0.15) is 0 Å². The number of anilines is 1. The van der Waals surface area contributed by atoms with E-state index in [1.54, 1.807) is 19.1 Å². The number of nitrogens with zero attached hydrogens (tertiary/aromatic N) is 2. The third-order valence-electron chi connectivity index (χ3n) is 2.66. The summed E-state index contributed by atoms with van der Waals surface area (Å²) < 4.78 is 26.8. The number of pyridine rings is 1. The molecule has 0 bridgehead atoms. The van der Waals surface area contributed by atoms with Gasteiger partial charge in [-0.05, 0) is 24.6 Å². The quantitative estimate of drug-likeness (QED) is 0.687. The van der Waals surface area contributed by atoms with Gasteiger partial charge in [-0.3, -0.25) is 14.8 Å². The normalized spacial score (nSPS) is 11.1. The van der Waals surface area contributed by atoms with E-state index in [0.29, 0.717) is 5.56 Å². The van der Waals surface area contributed by atoms with Crippen LogP contribution in [0.3, 0.4) is 0 Å². The van der Waals surface area contributed by atoms with Crippen LogP contribution in [-0.2, 0) is 10.0 Å². The average molecular weight is 328 g/mol. The number of hydrogen-bond acceptors (Lipinski definition) is 5. The summed E-state index contributed by atoms with van der Waals surface area (Å²) in [6.07, 6.45) is 1.43. The Kier molecular flexibility index (Phi) is 4.10. The zero-order chi connectivity index (χ0) is 15.6. The zero-order valence-electron chi connectivity index (χ0n) is 10.8. The highest BCUT2D eigenvalue weighted by molar-refractivity contribution is 7.92. The van der Waals surface area contributed by atoms with Crippen molar-refractivity contribution in [3.8, 4) is 0 Å². The second-order valence-corrected chi connectivity index (χ2v) is 6.20. The SMILES string of the molecule is Cc1cccnc1NS(=O)(=O)c1cc([N+](=O)[O-])ccc1Cl. The number of halogens is 1. The highest BCUT2D eigenvalue weighted by atomic mass is 35.5. The van der Waals surface area contributed by atoms with E-state index in [9.17, 15) is 18.5 Å². The van der Waals surface area contributed by atoms with Gasteiger partial charge < -0.3 is 0 Å². The predicted octanol–water partition coefficient (Wildman–Crippen LogP) is 2.75. The fourth-order valence-corrected chi connectivity index (χ4v) is 3.19. The molecule has 0 saturated heterocycles. The first kappa shape index (κ1) is 15.2. The highest BCUT2D eigenvalue weighted by Crippen LogP contribution is 2.27. The molecule has 1 heterocycles. The lowest BCUT2D eigenvalue weighted by Crippen LogP contribution is -2.15. The molecule has 0 aliphatic rings. The van der Waals surface area contributed by atoms with Gasteiger partial charge in [-0.1, -0.05) is 17.7 Å². The van der Waals surface area contributed by atoms with Crippen LogP contribution in [0.15, 0.2) is 41.4 Å². The smallest absolute Gasteiger partial charge is 0.263 e. The Labute approximate surface area is 125 Å². The van der Waals surface area contributed by atoms with E-state index >= 15 is 0 Å². The van der Waals surface area contributed by atoms with Crippen molar-refractivity contribution < 1.29 is 13.3 Å². The Hall–Kier alpha value is -2.19. The molecule has 0 amide bonds. The average Bonchev–Trinajstić information content (AvgIpc) is 2.41. The lowest BCUT2D eigenvalue weighted by atomic mass is 10.3. The molecule has 9 heteroatoms. The van der Waals surface area contributed by atoms with Crippen molar-refractivity contribution in [2.24, 2.45) is 0 Å². The van der Waals surface area contributed by atoms with Crippen LogP contribution in [0.4, 0.5) is 11.5 Å². The van der Waals surface area contributed by atoms with Gasteiger partial charge in [0.1, 0.15) is 10.7 Å². The number of benzene rings is 1. The Morgan fingerprint density at radius 3 is 2.67 bits per heavy atom. The lowest BCUT2D eigenvalue weighted by molar-refractivity contribution is -0.385. The number of rotatable bonds is 4. The number of non-ortho nitro benzene ring substituents is 1. The van der Waals surface area contributed by atoms with Crippen molar-refractivity contribution in [1.29, 1.82) is 0 Å². The maximum atomic E-state index is 12.3. The molecule has 0 spiro atoms. The Morgan fingerprint density at radius 1 is 1.33 bits per heavy atom. The number of aromatic nitrogens is 1. The largest absolute Gasteiger partial charge is 0.270 e. The third-order valence-corrected chi connectivity index (χ3v) is 4.48. The summed E-state index contributed by atoms with van der Waals surface area (Å²) in [7, 11) is -4.07.